The maximum atomic E-state index is 12.1. The van der Waals surface area contributed by atoms with E-state index in [-0.39, 0.29) is 4.90 Å². The first kappa shape index (κ1) is 17.0. The minimum absolute atomic E-state index is 0.133. The van der Waals surface area contributed by atoms with Crippen molar-refractivity contribution in [3.8, 4) is 5.75 Å². The summed E-state index contributed by atoms with van der Waals surface area (Å²) in [5.41, 5.74) is 0.649. The lowest BCUT2D eigenvalue weighted by atomic mass is 10.2. The van der Waals surface area contributed by atoms with Crippen molar-refractivity contribution in [2.24, 2.45) is 5.10 Å². The molecule has 116 valence electrons. The van der Waals surface area contributed by atoms with Crippen LogP contribution in [0.4, 0.5) is 0 Å². The summed E-state index contributed by atoms with van der Waals surface area (Å²) in [4.78, 5) is 2.30. The Balaban J connectivity index is 2.18. The van der Waals surface area contributed by atoms with Gasteiger partial charge in [0, 0.05) is 14.5 Å². The largest absolute Gasteiger partial charge is 0.496 e. The minimum Gasteiger partial charge on any atom is -0.496 e. The molecule has 0 saturated carbocycles. The van der Waals surface area contributed by atoms with Gasteiger partial charge in [-0.05, 0) is 42.5 Å². The molecule has 0 aliphatic heterocycles. The fourth-order valence-electron chi connectivity index (χ4n) is 1.64. The maximum Gasteiger partial charge on any atom is 0.276 e. The summed E-state index contributed by atoms with van der Waals surface area (Å²) in [6.07, 6.45) is 1.39. The van der Waals surface area contributed by atoms with Crippen LogP contribution in [0.25, 0.3) is 0 Å². The van der Waals surface area contributed by atoms with E-state index < -0.39 is 10.0 Å². The van der Waals surface area contributed by atoms with Crippen LogP contribution in [0.5, 0.6) is 5.75 Å². The third-order valence-corrected chi connectivity index (χ3v) is 4.95. The van der Waals surface area contributed by atoms with Crippen molar-refractivity contribution in [1.82, 2.24) is 4.83 Å². The van der Waals surface area contributed by atoms with Crippen LogP contribution < -0.4 is 9.57 Å². The highest BCUT2D eigenvalue weighted by Gasteiger charge is 2.12. The Hall–Kier alpha value is -1.38. The zero-order valence-electron chi connectivity index (χ0n) is 11.5. The van der Waals surface area contributed by atoms with Gasteiger partial charge in [0.1, 0.15) is 5.75 Å². The molecule has 0 bridgehead atoms. The first-order valence-electron chi connectivity index (χ1n) is 6.06. The Labute approximate surface area is 145 Å². The molecular weight excluding hydrogens is 436 g/mol. The smallest absolute Gasteiger partial charge is 0.276 e. The van der Waals surface area contributed by atoms with Crippen molar-refractivity contribution in [2.75, 3.05) is 7.11 Å². The topological polar surface area (TPSA) is 67.8 Å². The van der Waals surface area contributed by atoms with Crippen molar-refractivity contribution in [2.45, 2.75) is 4.90 Å². The third kappa shape index (κ3) is 4.31. The second-order valence-corrected chi connectivity index (χ2v) is 7.69. The Morgan fingerprint density at radius 2 is 1.73 bits per heavy atom. The molecule has 5 nitrogen and oxygen atoms in total. The number of benzene rings is 2. The van der Waals surface area contributed by atoms with E-state index in [1.165, 1.54) is 25.5 Å². The lowest BCUT2D eigenvalue weighted by Crippen LogP contribution is -2.18. The zero-order chi connectivity index (χ0) is 16.2. The number of ether oxygens (including phenoxy) is 1. The van der Waals surface area contributed by atoms with Crippen LogP contribution in [0.15, 0.2) is 61.4 Å². The number of rotatable bonds is 5. The predicted octanol–water partition coefficient (Wildman–Crippen LogP) is 3.53. The molecule has 0 aliphatic carbocycles. The molecule has 0 spiro atoms. The number of halogens is 2. The molecule has 22 heavy (non-hydrogen) atoms. The van der Waals surface area contributed by atoms with E-state index >= 15 is 0 Å². The number of sulfonamides is 1. The van der Waals surface area contributed by atoms with E-state index in [4.69, 9.17) is 4.74 Å². The van der Waals surface area contributed by atoms with Crippen LogP contribution in [0.1, 0.15) is 5.56 Å². The number of nitrogens with one attached hydrogen (secondary N) is 1. The first-order chi connectivity index (χ1) is 10.4. The number of hydrogen-bond donors (Lipinski definition) is 1. The fourth-order valence-corrected chi connectivity index (χ4v) is 3.07. The van der Waals surface area contributed by atoms with Crippen LogP contribution in [-0.4, -0.2) is 21.7 Å². The number of hydrogen-bond acceptors (Lipinski definition) is 4. The van der Waals surface area contributed by atoms with Crippen LogP contribution in [0.3, 0.4) is 0 Å². The van der Waals surface area contributed by atoms with Crippen molar-refractivity contribution in [3.63, 3.8) is 0 Å². The molecular formula is C14H12Br2N2O3S. The highest BCUT2D eigenvalue weighted by molar-refractivity contribution is 9.10. The molecule has 0 fully saturated rings. The summed E-state index contributed by atoms with van der Waals surface area (Å²) in [7, 11) is -2.16. The standard InChI is InChI=1S/C14H12Br2N2O3S/c1-21-14-7-4-12(16)8-10(14)9-17-18-22(19,20)13-5-2-11(15)3-6-13/h2-9,18H,1H3/b17-9+. The Morgan fingerprint density at radius 3 is 2.36 bits per heavy atom. The van der Waals surface area contributed by atoms with Gasteiger partial charge in [0.05, 0.1) is 18.2 Å². The molecule has 0 unspecified atom stereocenters. The highest BCUT2D eigenvalue weighted by Crippen LogP contribution is 2.21. The van der Waals surface area contributed by atoms with Crippen LogP contribution in [-0.2, 0) is 10.0 Å². The fraction of sp³-hybridized carbons (Fsp3) is 0.0714. The summed E-state index contributed by atoms with van der Waals surface area (Å²) in [6, 6.07) is 11.6. The molecule has 0 heterocycles. The number of hydrazone groups is 1. The normalized spacial score (nSPS) is 11.6. The van der Waals surface area contributed by atoms with Gasteiger partial charge in [-0.25, -0.2) is 4.83 Å². The van der Waals surface area contributed by atoms with Crippen molar-refractivity contribution >= 4 is 48.1 Å². The zero-order valence-corrected chi connectivity index (χ0v) is 15.4. The summed E-state index contributed by atoms with van der Waals surface area (Å²) in [5, 5.41) is 3.79. The van der Waals surface area contributed by atoms with E-state index in [0.29, 0.717) is 11.3 Å². The Morgan fingerprint density at radius 1 is 1.09 bits per heavy atom. The van der Waals surface area contributed by atoms with Crippen LogP contribution >= 0.6 is 31.9 Å². The minimum atomic E-state index is -3.70. The Kier molecular flexibility index (Phi) is 5.60. The first-order valence-corrected chi connectivity index (χ1v) is 9.13. The molecule has 0 saturated heterocycles. The average molecular weight is 448 g/mol. The quantitative estimate of drug-likeness (QED) is 0.563. The molecule has 0 atom stereocenters. The van der Waals surface area contributed by atoms with Crippen molar-refractivity contribution in [3.05, 3.63) is 57.0 Å². The van der Waals surface area contributed by atoms with E-state index in [0.717, 1.165) is 8.95 Å². The van der Waals surface area contributed by atoms with Crippen molar-refractivity contribution in [1.29, 1.82) is 0 Å². The van der Waals surface area contributed by atoms with Gasteiger partial charge < -0.3 is 4.74 Å². The monoisotopic (exact) mass is 446 g/mol. The average Bonchev–Trinajstić information content (AvgIpc) is 2.48. The second kappa shape index (κ2) is 7.26. The van der Waals surface area contributed by atoms with Gasteiger partial charge in [-0.1, -0.05) is 31.9 Å². The van der Waals surface area contributed by atoms with Gasteiger partial charge in [0.25, 0.3) is 10.0 Å². The van der Waals surface area contributed by atoms with Gasteiger partial charge in [0.15, 0.2) is 0 Å². The molecule has 0 aliphatic rings. The van der Waals surface area contributed by atoms with Crippen LogP contribution in [0, 0.1) is 0 Å². The molecule has 2 aromatic carbocycles. The van der Waals surface area contributed by atoms with E-state index in [2.05, 4.69) is 41.8 Å². The summed E-state index contributed by atoms with van der Waals surface area (Å²) in [6.45, 7) is 0. The molecule has 8 heteroatoms. The summed E-state index contributed by atoms with van der Waals surface area (Å²) < 4.78 is 31.0. The lowest BCUT2D eigenvalue weighted by Gasteiger charge is -2.05. The molecule has 0 radical (unpaired) electrons. The van der Waals surface area contributed by atoms with Gasteiger partial charge >= 0.3 is 0 Å². The van der Waals surface area contributed by atoms with Gasteiger partial charge in [-0.15, -0.1) is 0 Å². The highest BCUT2D eigenvalue weighted by atomic mass is 79.9. The van der Waals surface area contributed by atoms with E-state index in [1.807, 2.05) is 6.07 Å². The number of nitrogens with zero attached hydrogens (tertiary/aromatic N) is 1. The Bertz CT molecular complexity index is 790. The van der Waals surface area contributed by atoms with Gasteiger partial charge in [-0.2, -0.15) is 13.5 Å². The predicted molar refractivity (Wildman–Crippen MR) is 92.8 cm³/mol. The summed E-state index contributed by atoms with van der Waals surface area (Å²) in [5.74, 6) is 0.592. The van der Waals surface area contributed by atoms with E-state index in [1.54, 1.807) is 24.3 Å². The molecule has 2 rings (SSSR count). The SMILES string of the molecule is COc1ccc(Br)cc1/C=N/NS(=O)(=O)c1ccc(Br)cc1. The second-order valence-electron chi connectivity index (χ2n) is 4.19. The van der Waals surface area contributed by atoms with Crippen molar-refractivity contribution < 1.29 is 13.2 Å². The van der Waals surface area contributed by atoms with Gasteiger partial charge in [-0.3, -0.25) is 0 Å². The molecule has 0 aromatic heterocycles. The van der Waals surface area contributed by atoms with E-state index in [9.17, 15) is 8.42 Å². The molecule has 1 N–H and O–H groups in total. The van der Waals surface area contributed by atoms with Crippen LogP contribution in [0.2, 0.25) is 0 Å². The lowest BCUT2D eigenvalue weighted by molar-refractivity contribution is 0.414. The maximum absolute atomic E-state index is 12.1. The molecule has 2 aromatic rings. The van der Waals surface area contributed by atoms with Gasteiger partial charge in [0.2, 0.25) is 0 Å². The number of methoxy groups -OCH3 is 1. The third-order valence-electron chi connectivity index (χ3n) is 2.69. The summed E-state index contributed by atoms with van der Waals surface area (Å²) >= 11 is 6.59. The molecule has 0 amide bonds.